The third-order valence-electron chi connectivity index (χ3n) is 6.08. The number of pyridine rings is 1. The zero-order valence-corrected chi connectivity index (χ0v) is 17.6. The fraction of sp³-hybridized carbons (Fsp3) is 0.375. The highest BCUT2D eigenvalue weighted by Crippen LogP contribution is 2.41. The van der Waals surface area contributed by atoms with Gasteiger partial charge in [0.1, 0.15) is 11.3 Å². The molecule has 0 bridgehead atoms. The molecule has 5 nitrogen and oxygen atoms in total. The molecule has 0 fully saturated rings. The molecular weight excluding hydrogens is 379 g/mol. The van der Waals surface area contributed by atoms with E-state index >= 15 is 0 Å². The minimum absolute atomic E-state index is 0.0875. The number of halogens is 1. The van der Waals surface area contributed by atoms with Gasteiger partial charge in [0.25, 0.3) is 0 Å². The molecule has 0 spiro atoms. The molecule has 0 saturated carbocycles. The Morgan fingerprint density at radius 1 is 1.20 bits per heavy atom. The number of H-pyrrole nitrogens is 1. The summed E-state index contributed by atoms with van der Waals surface area (Å²) in [5, 5.41) is 10.7. The maximum atomic E-state index is 14.8. The molecule has 1 aliphatic heterocycles. The maximum Gasteiger partial charge on any atom is 0.137 e. The molecule has 3 aromatic heterocycles. The SMILES string of the molecule is C[C@@H]1Cc2c([nH]c3ccccc23)[C@@H](c2ccc3nc(CO)cn3c2)N1CC(C)(C)F. The Bertz CT molecular complexity index is 1220. The molecular formula is C24H27FN4O. The van der Waals surface area contributed by atoms with Gasteiger partial charge in [0, 0.05) is 41.6 Å². The second kappa shape index (κ2) is 6.93. The summed E-state index contributed by atoms with van der Waals surface area (Å²) < 4.78 is 16.8. The monoisotopic (exact) mass is 406 g/mol. The van der Waals surface area contributed by atoms with Gasteiger partial charge in [-0.05, 0) is 50.5 Å². The molecule has 1 aliphatic rings. The Kier molecular flexibility index (Phi) is 4.45. The number of imidazole rings is 1. The minimum atomic E-state index is -1.31. The molecule has 2 N–H and O–H groups in total. The van der Waals surface area contributed by atoms with Crippen LogP contribution in [0.25, 0.3) is 16.6 Å². The van der Waals surface area contributed by atoms with Gasteiger partial charge < -0.3 is 14.5 Å². The quantitative estimate of drug-likeness (QED) is 0.528. The van der Waals surface area contributed by atoms with Crippen LogP contribution in [0.3, 0.4) is 0 Å². The number of aliphatic hydroxyl groups is 1. The second-order valence-electron chi connectivity index (χ2n) is 9.03. The normalized spacial score (nSPS) is 20.2. The van der Waals surface area contributed by atoms with Crippen LogP contribution in [0.15, 0.2) is 48.8 Å². The van der Waals surface area contributed by atoms with Crippen LogP contribution in [-0.2, 0) is 13.0 Å². The topological polar surface area (TPSA) is 56.6 Å². The van der Waals surface area contributed by atoms with Gasteiger partial charge in [0.05, 0.1) is 18.3 Å². The van der Waals surface area contributed by atoms with Crippen molar-refractivity contribution in [1.82, 2.24) is 19.3 Å². The molecule has 0 radical (unpaired) electrons. The highest BCUT2D eigenvalue weighted by molar-refractivity contribution is 5.85. The van der Waals surface area contributed by atoms with E-state index in [1.54, 1.807) is 13.8 Å². The number of rotatable bonds is 4. The molecule has 156 valence electrons. The van der Waals surface area contributed by atoms with E-state index in [9.17, 15) is 9.50 Å². The molecule has 0 unspecified atom stereocenters. The third-order valence-corrected chi connectivity index (χ3v) is 6.08. The summed E-state index contributed by atoms with van der Waals surface area (Å²) >= 11 is 0. The summed E-state index contributed by atoms with van der Waals surface area (Å²) in [6.45, 7) is 5.72. The number of aromatic amines is 1. The van der Waals surface area contributed by atoms with Crippen LogP contribution in [0.2, 0.25) is 0 Å². The predicted molar refractivity (Wildman–Crippen MR) is 116 cm³/mol. The molecule has 2 atom stereocenters. The lowest BCUT2D eigenvalue weighted by Gasteiger charge is -2.42. The maximum absolute atomic E-state index is 14.8. The zero-order valence-electron chi connectivity index (χ0n) is 17.6. The van der Waals surface area contributed by atoms with Crippen molar-refractivity contribution in [3.63, 3.8) is 0 Å². The van der Waals surface area contributed by atoms with Crippen molar-refractivity contribution >= 4 is 16.6 Å². The van der Waals surface area contributed by atoms with E-state index in [-0.39, 0.29) is 18.7 Å². The van der Waals surface area contributed by atoms with Gasteiger partial charge in [0.2, 0.25) is 0 Å². The number of aliphatic hydroxyl groups excluding tert-OH is 1. The van der Waals surface area contributed by atoms with E-state index < -0.39 is 5.67 Å². The van der Waals surface area contributed by atoms with Crippen LogP contribution < -0.4 is 0 Å². The fourth-order valence-corrected chi connectivity index (χ4v) is 4.85. The lowest BCUT2D eigenvalue weighted by molar-refractivity contribution is 0.0666. The predicted octanol–water partition coefficient (Wildman–Crippen LogP) is 4.39. The molecule has 4 aromatic rings. The lowest BCUT2D eigenvalue weighted by Crippen LogP contribution is -2.47. The number of nitrogens with one attached hydrogen (secondary N) is 1. The van der Waals surface area contributed by atoms with E-state index in [1.807, 2.05) is 22.7 Å². The Hall–Kier alpha value is -2.70. The van der Waals surface area contributed by atoms with Gasteiger partial charge in [-0.25, -0.2) is 9.37 Å². The Labute approximate surface area is 175 Å². The number of nitrogens with zero attached hydrogens (tertiary/aromatic N) is 3. The fourth-order valence-electron chi connectivity index (χ4n) is 4.85. The van der Waals surface area contributed by atoms with Gasteiger partial charge in [0.15, 0.2) is 0 Å². The summed E-state index contributed by atoms with van der Waals surface area (Å²) in [7, 11) is 0. The highest BCUT2D eigenvalue weighted by Gasteiger charge is 2.38. The van der Waals surface area contributed by atoms with Gasteiger partial charge in [-0.15, -0.1) is 0 Å². The van der Waals surface area contributed by atoms with E-state index in [1.165, 1.54) is 10.9 Å². The number of fused-ring (bicyclic) bond motifs is 4. The van der Waals surface area contributed by atoms with Crippen molar-refractivity contribution in [2.45, 2.75) is 51.6 Å². The first kappa shape index (κ1) is 19.3. The first-order valence-corrected chi connectivity index (χ1v) is 10.5. The van der Waals surface area contributed by atoms with Gasteiger partial charge in [-0.1, -0.05) is 24.3 Å². The molecule has 6 heteroatoms. The van der Waals surface area contributed by atoms with Crippen LogP contribution >= 0.6 is 0 Å². The molecule has 0 amide bonds. The molecule has 0 aliphatic carbocycles. The summed E-state index contributed by atoms with van der Waals surface area (Å²) in [6, 6.07) is 12.5. The van der Waals surface area contributed by atoms with Crippen molar-refractivity contribution < 1.29 is 9.50 Å². The average Bonchev–Trinajstić information content (AvgIpc) is 3.28. The van der Waals surface area contributed by atoms with Gasteiger partial charge in [-0.3, -0.25) is 4.90 Å². The summed E-state index contributed by atoms with van der Waals surface area (Å²) in [6.07, 6.45) is 4.78. The van der Waals surface area contributed by atoms with Crippen molar-refractivity contribution in [3.05, 3.63) is 71.3 Å². The van der Waals surface area contributed by atoms with E-state index in [0.29, 0.717) is 12.2 Å². The largest absolute Gasteiger partial charge is 0.390 e. The summed E-state index contributed by atoms with van der Waals surface area (Å²) in [5.41, 5.74) is 4.77. The average molecular weight is 407 g/mol. The van der Waals surface area contributed by atoms with Crippen LogP contribution in [0, 0.1) is 0 Å². The van der Waals surface area contributed by atoms with E-state index in [0.717, 1.165) is 28.8 Å². The Morgan fingerprint density at radius 3 is 2.77 bits per heavy atom. The molecule has 1 aromatic carbocycles. The molecule has 5 rings (SSSR count). The zero-order chi connectivity index (χ0) is 21.0. The van der Waals surface area contributed by atoms with Gasteiger partial charge in [-0.2, -0.15) is 0 Å². The smallest absolute Gasteiger partial charge is 0.137 e. The third kappa shape index (κ3) is 3.20. The standard InChI is InChI=1S/C24H27FN4O/c1-15-10-19-18-6-4-5-7-20(18)27-22(19)23(29(15)14-24(2,3)25)16-8-9-21-26-17(13-30)12-28(21)11-16/h4-9,11-12,15,23,27,30H,10,13-14H2,1-3H3/t15-,23-/m1/s1. The Morgan fingerprint density at radius 2 is 2.00 bits per heavy atom. The van der Waals surface area contributed by atoms with Gasteiger partial charge >= 0.3 is 0 Å². The number of hydrogen-bond donors (Lipinski definition) is 2. The molecule has 0 saturated heterocycles. The first-order chi connectivity index (χ1) is 14.3. The van der Waals surface area contributed by atoms with Crippen LogP contribution in [0.4, 0.5) is 4.39 Å². The van der Waals surface area contributed by atoms with Crippen LogP contribution in [0.5, 0.6) is 0 Å². The second-order valence-corrected chi connectivity index (χ2v) is 9.03. The first-order valence-electron chi connectivity index (χ1n) is 10.5. The van der Waals surface area contributed by atoms with Crippen molar-refractivity contribution in [2.75, 3.05) is 6.54 Å². The number of hydrogen-bond acceptors (Lipinski definition) is 3. The minimum Gasteiger partial charge on any atom is -0.390 e. The number of para-hydroxylation sites is 1. The van der Waals surface area contributed by atoms with Crippen LogP contribution in [-0.4, -0.2) is 42.6 Å². The van der Waals surface area contributed by atoms with Crippen molar-refractivity contribution in [1.29, 1.82) is 0 Å². The lowest BCUT2D eigenvalue weighted by atomic mass is 9.88. The number of aromatic nitrogens is 3. The molecule has 30 heavy (non-hydrogen) atoms. The Balaban J connectivity index is 1.70. The molecule has 4 heterocycles. The van der Waals surface area contributed by atoms with Crippen molar-refractivity contribution in [2.24, 2.45) is 0 Å². The number of benzene rings is 1. The van der Waals surface area contributed by atoms with Crippen LogP contribution in [0.1, 0.15) is 49.3 Å². The van der Waals surface area contributed by atoms with Crippen molar-refractivity contribution in [3.8, 4) is 0 Å². The van der Waals surface area contributed by atoms with E-state index in [2.05, 4.69) is 52.3 Å². The summed E-state index contributed by atoms with van der Waals surface area (Å²) in [4.78, 5) is 10.3. The number of alkyl halides is 1. The highest BCUT2D eigenvalue weighted by atomic mass is 19.1. The van der Waals surface area contributed by atoms with E-state index in [4.69, 9.17) is 0 Å². The summed E-state index contributed by atoms with van der Waals surface area (Å²) in [5.74, 6) is 0.